The summed E-state index contributed by atoms with van der Waals surface area (Å²) in [4.78, 5) is 35.4. The SMILES string of the molecule is O=C(O)COC1(OCC(=O)O)CCC(=O)C(=C\c2ccccc2)/C1=C\c1ccccc1. The zero-order valence-electron chi connectivity index (χ0n) is 16.7. The molecule has 0 atom stereocenters. The van der Waals surface area contributed by atoms with Gasteiger partial charge in [-0.15, -0.1) is 0 Å². The Balaban J connectivity index is 2.17. The summed E-state index contributed by atoms with van der Waals surface area (Å²) >= 11 is 0. The highest BCUT2D eigenvalue weighted by Crippen LogP contribution is 2.41. The Morgan fingerprint density at radius 1 is 0.839 bits per heavy atom. The molecule has 0 radical (unpaired) electrons. The molecule has 2 aromatic rings. The Morgan fingerprint density at radius 2 is 1.32 bits per heavy atom. The van der Waals surface area contributed by atoms with Gasteiger partial charge in [-0.05, 0) is 23.3 Å². The van der Waals surface area contributed by atoms with Crippen LogP contribution in [0.2, 0.25) is 0 Å². The van der Waals surface area contributed by atoms with E-state index >= 15 is 0 Å². The minimum absolute atomic E-state index is 0.00279. The number of carboxylic acids is 2. The second kappa shape index (κ2) is 9.97. The number of carbonyl (C=O) groups is 3. The van der Waals surface area contributed by atoms with Gasteiger partial charge in [-0.25, -0.2) is 9.59 Å². The number of rotatable bonds is 8. The summed E-state index contributed by atoms with van der Waals surface area (Å²) in [7, 11) is 0. The second-order valence-electron chi connectivity index (χ2n) is 6.98. The molecule has 1 aliphatic carbocycles. The Bertz CT molecular complexity index is 989. The van der Waals surface area contributed by atoms with Gasteiger partial charge in [0, 0.05) is 24.0 Å². The van der Waals surface area contributed by atoms with Crippen LogP contribution in [0.4, 0.5) is 0 Å². The van der Waals surface area contributed by atoms with Crippen molar-refractivity contribution in [3.63, 3.8) is 0 Å². The minimum atomic E-state index is -1.69. The first-order chi connectivity index (χ1) is 14.9. The molecule has 7 heteroatoms. The van der Waals surface area contributed by atoms with Crippen molar-refractivity contribution in [1.29, 1.82) is 0 Å². The highest BCUT2D eigenvalue weighted by atomic mass is 16.7. The van der Waals surface area contributed by atoms with Crippen molar-refractivity contribution in [3.8, 4) is 0 Å². The van der Waals surface area contributed by atoms with E-state index in [-0.39, 0.29) is 24.2 Å². The average Bonchev–Trinajstić information content (AvgIpc) is 2.76. The molecule has 1 fully saturated rings. The fourth-order valence-corrected chi connectivity index (χ4v) is 3.38. The molecule has 0 amide bonds. The molecule has 1 aliphatic rings. The summed E-state index contributed by atoms with van der Waals surface area (Å²) in [5.41, 5.74) is 2.07. The smallest absolute Gasteiger partial charge is 0.329 e. The van der Waals surface area contributed by atoms with Gasteiger partial charge < -0.3 is 19.7 Å². The molecule has 2 aromatic carbocycles. The zero-order chi connectivity index (χ0) is 22.3. The lowest BCUT2D eigenvalue weighted by molar-refractivity contribution is -0.223. The molecule has 0 unspecified atom stereocenters. The third-order valence-corrected chi connectivity index (χ3v) is 4.76. The number of Topliss-reactive ketones (excluding diaryl/α,β-unsaturated/α-hetero) is 1. The van der Waals surface area contributed by atoms with Crippen LogP contribution in [0.1, 0.15) is 24.0 Å². The predicted octanol–water partition coefficient (Wildman–Crippen LogP) is 3.42. The largest absolute Gasteiger partial charge is 0.480 e. The van der Waals surface area contributed by atoms with E-state index in [0.717, 1.165) is 11.1 Å². The van der Waals surface area contributed by atoms with Gasteiger partial charge in [0.1, 0.15) is 13.2 Å². The van der Waals surface area contributed by atoms with Gasteiger partial charge >= 0.3 is 11.9 Å². The summed E-state index contributed by atoms with van der Waals surface area (Å²) in [6.07, 6.45) is 3.37. The molecule has 7 nitrogen and oxygen atoms in total. The standard InChI is InChI=1S/C24H22O7/c25-21-11-12-24(30-15-22(26)27,31-16-23(28)29)20(14-18-9-5-2-6-10-18)19(21)13-17-7-3-1-4-8-17/h1-10,13-14H,11-12,15-16H2,(H,26,27)(H,28,29)/b19-13-,20-14+. The van der Waals surface area contributed by atoms with Crippen molar-refractivity contribution in [2.75, 3.05) is 13.2 Å². The van der Waals surface area contributed by atoms with Crippen molar-refractivity contribution < 1.29 is 34.1 Å². The van der Waals surface area contributed by atoms with Crippen LogP contribution in [-0.4, -0.2) is 46.9 Å². The summed E-state index contributed by atoms with van der Waals surface area (Å²) in [5.74, 6) is -4.33. The highest BCUT2D eigenvalue weighted by molar-refractivity contribution is 6.06. The number of ether oxygens (including phenoxy) is 2. The normalized spacial score (nSPS) is 18.3. The maximum absolute atomic E-state index is 12.9. The molecule has 0 saturated heterocycles. The Labute approximate surface area is 179 Å². The summed E-state index contributed by atoms with van der Waals surface area (Å²) in [6, 6.07) is 18.2. The fourth-order valence-electron chi connectivity index (χ4n) is 3.38. The molecular weight excluding hydrogens is 400 g/mol. The van der Waals surface area contributed by atoms with Gasteiger partial charge in [0.15, 0.2) is 11.6 Å². The van der Waals surface area contributed by atoms with Gasteiger partial charge in [0.2, 0.25) is 0 Å². The lowest BCUT2D eigenvalue weighted by Crippen LogP contribution is -2.45. The van der Waals surface area contributed by atoms with Crippen LogP contribution in [0, 0.1) is 0 Å². The number of benzene rings is 2. The van der Waals surface area contributed by atoms with Crippen molar-refractivity contribution in [1.82, 2.24) is 0 Å². The molecule has 0 heterocycles. The fraction of sp³-hybridized carbons (Fsp3) is 0.208. The van der Waals surface area contributed by atoms with Crippen LogP contribution in [0.3, 0.4) is 0 Å². The summed E-state index contributed by atoms with van der Waals surface area (Å²) in [6.45, 7) is -1.42. The molecule has 31 heavy (non-hydrogen) atoms. The first-order valence-electron chi connectivity index (χ1n) is 9.69. The lowest BCUT2D eigenvalue weighted by atomic mass is 9.81. The first-order valence-corrected chi connectivity index (χ1v) is 9.69. The van der Waals surface area contributed by atoms with Crippen LogP contribution in [-0.2, 0) is 23.9 Å². The number of carbonyl (C=O) groups excluding carboxylic acids is 1. The Hall–Kier alpha value is -3.55. The van der Waals surface area contributed by atoms with E-state index in [9.17, 15) is 14.4 Å². The molecular formula is C24H22O7. The van der Waals surface area contributed by atoms with Gasteiger partial charge in [-0.1, -0.05) is 60.7 Å². The average molecular weight is 422 g/mol. The Morgan fingerprint density at radius 3 is 1.81 bits per heavy atom. The highest BCUT2D eigenvalue weighted by Gasteiger charge is 2.45. The summed E-state index contributed by atoms with van der Waals surface area (Å²) < 4.78 is 11.3. The molecule has 0 spiro atoms. The van der Waals surface area contributed by atoms with Crippen LogP contribution in [0.15, 0.2) is 71.8 Å². The van der Waals surface area contributed by atoms with Crippen LogP contribution >= 0.6 is 0 Å². The number of aliphatic carboxylic acids is 2. The summed E-state index contributed by atoms with van der Waals surface area (Å²) in [5, 5.41) is 18.3. The molecule has 0 bridgehead atoms. The number of ketones is 1. The minimum Gasteiger partial charge on any atom is -0.480 e. The monoisotopic (exact) mass is 422 g/mol. The molecule has 160 valence electrons. The quantitative estimate of drug-likeness (QED) is 0.495. The molecule has 1 saturated carbocycles. The van der Waals surface area contributed by atoms with Crippen molar-refractivity contribution in [2.24, 2.45) is 0 Å². The van der Waals surface area contributed by atoms with Crippen LogP contribution in [0.5, 0.6) is 0 Å². The molecule has 0 aliphatic heterocycles. The van der Waals surface area contributed by atoms with E-state index in [1.807, 2.05) is 60.7 Å². The van der Waals surface area contributed by atoms with E-state index in [1.165, 1.54) is 0 Å². The number of carboxylic acid groups (broad SMARTS) is 2. The molecule has 3 rings (SSSR count). The van der Waals surface area contributed by atoms with E-state index in [1.54, 1.807) is 12.2 Å². The maximum atomic E-state index is 12.9. The van der Waals surface area contributed by atoms with Crippen LogP contribution < -0.4 is 0 Å². The van der Waals surface area contributed by atoms with Crippen molar-refractivity contribution >= 4 is 29.9 Å². The van der Waals surface area contributed by atoms with E-state index in [2.05, 4.69) is 0 Å². The lowest BCUT2D eigenvalue weighted by Gasteiger charge is -2.39. The number of hydrogen-bond acceptors (Lipinski definition) is 5. The van der Waals surface area contributed by atoms with Crippen molar-refractivity contribution in [2.45, 2.75) is 18.6 Å². The number of hydrogen-bond donors (Lipinski definition) is 2. The Kier molecular flexibility index (Phi) is 7.12. The van der Waals surface area contributed by atoms with E-state index in [4.69, 9.17) is 19.7 Å². The second-order valence-corrected chi connectivity index (χ2v) is 6.98. The topological polar surface area (TPSA) is 110 Å². The molecule has 0 aromatic heterocycles. The molecule has 2 N–H and O–H groups in total. The predicted molar refractivity (Wildman–Crippen MR) is 113 cm³/mol. The van der Waals surface area contributed by atoms with Gasteiger partial charge in [0.25, 0.3) is 0 Å². The van der Waals surface area contributed by atoms with E-state index < -0.39 is 30.9 Å². The third kappa shape index (κ3) is 5.75. The first kappa shape index (κ1) is 22.1. The van der Waals surface area contributed by atoms with Crippen molar-refractivity contribution in [3.05, 3.63) is 82.9 Å². The third-order valence-electron chi connectivity index (χ3n) is 4.76. The van der Waals surface area contributed by atoms with Crippen LogP contribution in [0.25, 0.3) is 12.2 Å². The maximum Gasteiger partial charge on any atom is 0.329 e. The van der Waals surface area contributed by atoms with Gasteiger partial charge in [-0.3, -0.25) is 4.79 Å². The zero-order valence-corrected chi connectivity index (χ0v) is 16.7. The van der Waals surface area contributed by atoms with Gasteiger partial charge in [-0.2, -0.15) is 0 Å². The van der Waals surface area contributed by atoms with Gasteiger partial charge in [0.05, 0.1) is 0 Å². The van der Waals surface area contributed by atoms with E-state index in [0.29, 0.717) is 5.57 Å².